The predicted molar refractivity (Wildman–Crippen MR) is 75.7 cm³/mol. The fourth-order valence-electron chi connectivity index (χ4n) is 3.58. The molecule has 0 aromatic rings. The molecule has 3 unspecified atom stereocenters. The summed E-state index contributed by atoms with van der Waals surface area (Å²) in [5.74, 6) is 1.63. The molecule has 0 radical (unpaired) electrons. The molecule has 0 bridgehead atoms. The van der Waals surface area contributed by atoms with Crippen molar-refractivity contribution in [2.24, 2.45) is 23.5 Å². The molecule has 2 fully saturated rings. The van der Waals surface area contributed by atoms with Gasteiger partial charge in [-0.25, -0.2) is 0 Å². The van der Waals surface area contributed by atoms with Crippen LogP contribution >= 0.6 is 0 Å². The minimum absolute atomic E-state index is 0.142. The van der Waals surface area contributed by atoms with Crippen LogP contribution in [0, 0.1) is 17.8 Å². The standard InChI is InChI=1S/C15H28N2O2/c1-11-7-13(9-14(16)8-11)15(18)17(2)10-12-3-5-19-6-4-12/h11-14H,3-10,16H2,1-2H3. The summed E-state index contributed by atoms with van der Waals surface area (Å²) in [5.41, 5.74) is 6.05. The minimum Gasteiger partial charge on any atom is -0.381 e. The summed E-state index contributed by atoms with van der Waals surface area (Å²) in [6.45, 7) is 4.77. The summed E-state index contributed by atoms with van der Waals surface area (Å²) in [6.07, 6.45) is 5.09. The van der Waals surface area contributed by atoms with E-state index in [2.05, 4.69) is 6.92 Å². The second-order valence-electron chi connectivity index (χ2n) is 6.54. The van der Waals surface area contributed by atoms with Crippen molar-refractivity contribution < 1.29 is 9.53 Å². The first-order valence-corrected chi connectivity index (χ1v) is 7.64. The van der Waals surface area contributed by atoms with Gasteiger partial charge in [0.25, 0.3) is 0 Å². The van der Waals surface area contributed by atoms with Crippen molar-refractivity contribution in [2.75, 3.05) is 26.8 Å². The zero-order valence-corrected chi connectivity index (χ0v) is 12.3. The van der Waals surface area contributed by atoms with Gasteiger partial charge in [0, 0.05) is 38.8 Å². The molecule has 0 aromatic carbocycles. The summed E-state index contributed by atoms with van der Waals surface area (Å²) in [6, 6.07) is 0.203. The van der Waals surface area contributed by atoms with Gasteiger partial charge in [-0.3, -0.25) is 4.79 Å². The van der Waals surface area contributed by atoms with Gasteiger partial charge in [0.15, 0.2) is 0 Å². The zero-order valence-electron chi connectivity index (χ0n) is 12.3. The molecule has 2 rings (SSSR count). The van der Waals surface area contributed by atoms with E-state index in [-0.39, 0.29) is 12.0 Å². The second-order valence-corrected chi connectivity index (χ2v) is 6.54. The van der Waals surface area contributed by atoms with Gasteiger partial charge in [-0.2, -0.15) is 0 Å². The molecule has 1 saturated heterocycles. The smallest absolute Gasteiger partial charge is 0.225 e. The Bertz CT molecular complexity index is 293. The highest BCUT2D eigenvalue weighted by atomic mass is 16.5. The van der Waals surface area contributed by atoms with E-state index < -0.39 is 0 Å². The van der Waals surface area contributed by atoms with Gasteiger partial charge >= 0.3 is 0 Å². The molecule has 1 aliphatic heterocycles. The second kappa shape index (κ2) is 6.71. The molecule has 0 aromatic heterocycles. The Hall–Kier alpha value is -0.610. The quantitative estimate of drug-likeness (QED) is 0.846. The molecule has 19 heavy (non-hydrogen) atoms. The molecular formula is C15H28N2O2. The molecule has 110 valence electrons. The lowest BCUT2D eigenvalue weighted by Crippen LogP contribution is -2.42. The highest BCUT2D eigenvalue weighted by molar-refractivity contribution is 5.78. The Balaban J connectivity index is 1.83. The van der Waals surface area contributed by atoms with Crippen LogP contribution in [0.4, 0.5) is 0 Å². The maximum atomic E-state index is 12.5. The molecule has 1 heterocycles. The minimum atomic E-state index is 0.142. The van der Waals surface area contributed by atoms with Crippen molar-refractivity contribution in [3.8, 4) is 0 Å². The molecule has 3 atom stereocenters. The fraction of sp³-hybridized carbons (Fsp3) is 0.933. The number of hydrogen-bond acceptors (Lipinski definition) is 3. The van der Waals surface area contributed by atoms with Gasteiger partial charge in [0.05, 0.1) is 0 Å². The summed E-state index contributed by atoms with van der Waals surface area (Å²) in [7, 11) is 1.95. The van der Waals surface area contributed by atoms with Gasteiger partial charge < -0.3 is 15.4 Å². The highest BCUT2D eigenvalue weighted by Gasteiger charge is 2.31. The van der Waals surface area contributed by atoms with Gasteiger partial charge in [-0.15, -0.1) is 0 Å². The van der Waals surface area contributed by atoms with Gasteiger partial charge in [-0.1, -0.05) is 6.92 Å². The number of rotatable bonds is 3. The van der Waals surface area contributed by atoms with Crippen LogP contribution in [0.15, 0.2) is 0 Å². The average Bonchev–Trinajstić information content (AvgIpc) is 2.37. The summed E-state index contributed by atoms with van der Waals surface area (Å²) < 4.78 is 5.37. The first kappa shape index (κ1) is 14.8. The van der Waals surface area contributed by atoms with Crippen LogP contribution in [0.2, 0.25) is 0 Å². The maximum absolute atomic E-state index is 12.5. The maximum Gasteiger partial charge on any atom is 0.225 e. The first-order chi connectivity index (χ1) is 9.06. The van der Waals surface area contributed by atoms with Crippen LogP contribution < -0.4 is 5.73 Å². The summed E-state index contributed by atoms with van der Waals surface area (Å²) in [4.78, 5) is 14.4. The third-order valence-electron chi connectivity index (χ3n) is 4.58. The monoisotopic (exact) mass is 268 g/mol. The number of nitrogens with two attached hydrogens (primary N) is 1. The first-order valence-electron chi connectivity index (χ1n) is 7.64. The summed E-state index contributed by atoms with van der Waals surface area (Å²) in [5, 5.41) is 0. The van der Waals surface area contributed by atoms with E-state index in [0.29, 0.717) is 17.7 Å². The van der Waals surface area contributed by atoms with Crippen molar-refractivity contribution in [3.05, 3.63) is 0 Å². The predicted octanol–water partition coefficient (Wildman–Crippen LogP) is 1.63. The van der Waals surface area contributed by atoms with Gasteiger partial charge in [-0.05, 0) is 43.9 Å². The van der Waals surface area contributed by atoms with Crippen molar-refractivity contribution in [3.63, 3.8) is 0 Å². The number of carbonyl (C=O) groups is 1. The lowest BCUT2D eigenvalue weighted by Gasteiger charge is -2.34. The van der Waals surface area contributed by atoms with Crippen molar-refractivity contribution >= 4 is 5.91 Å². The molecular weight excluding hydrogens is 240 g/mol. The van der Waals surface area contributed by atoms with E-state index in [1.165, 1.54) is 0 Å². The van der Waals surface area contributed by atoms with Crippen LogP contribution in [0.25, 0.3) is 0 Å². The van der Waals surface area contributed by atoms with Crippen LogP contribution in [-0.4, -0.2) is 43.7 Å². The fourth-order valence-corrected chi connectivity index (χ4v) is 3.58. The van der Waals surface area contributed by atoms with E-state index in [1.807, 2.05) is 11.9 Å². The number of hydrogen-bond donors (Lipinski definition) is 1. The molecule has 1 amide bonds. The normalized spacial score (nSPS) is 33.1. The van der Waals surface area contributed by atoms with Crippen LogP contribution in [0.5, 0.6) is 0 Å². The third-order valence-corrected chi connectivity index (χ3v) is 4.58. The molecule has 4 nitrogen and oxygen atoms in total. The van der Waals surface area contributed by atoms with Gasteiger partial charge in [0.1, 0.15) is 0 Å². The Morgan fingerprint density at radius 3 is 2.58 bits per heavy atom. The zero-order chi connectivity index (χ0) is 13.8. The molecule has 1 aliphatic carbocycles. The molecule has 0 spiro atoms. The average molecular weight is 268 g/mol. The molecule has 1 saturated carbocycles. The Morgan fingerprint density at radius 1 is 1.26 bits per heavy atom. The van der Waals surface area contributed by atoms with Crippen LogP contribution in [0.1, 0.15) is 39.0 Å². The number of nitrogens with zero attached hydrogens (tertiary/aromatic N) is 1. The van der Waals surface area contributed by atoms with E-state index in [0.717, 1.165) is 51.9 Å². The Kier molecular flexibility index (Phi) is 5.22. The highest BCUT2D eigenvalue weighted by Crippen LogP contribution is 2.29. The van der Waals surface area contributed by atoms with E-state index in [4.69, 9.17) is 10.5 Å². The topological polar surface area (TPSA) is 55.6 Å². The van der Waals surface area contributed by atoms with E-state index >= 15 is 0 Å². The van der Waals surface area contributed by atoms with Crippen LogP contribution in [-0.2, 0) is 9.53 Å². The van der Waals surface area contributed by atoms with Gasteiger partial charge in [0.2, 0.25) is 5.91 Å². The van der Waals surface area contributed by atoms with Crippen molar-refractivity contribution in [1.82, 2.24) is 4.90 Å². The lowest BCUT2D eigenvalue weighted by atomic mass is 9.79. The molecule has 2 N–H and O–H groups in total. The van der Waals surface area contributed by atoms with E-state index in [9.17, 15) is 4.79 Å². The number of amides is 1. The van der Waals surface area contributed by atoms with Crippen molar-refractivity contribution in [2.45, 2.75) is 45.1 Å². The van der Waals surface area contributed by atoms with E-state index in [1.54, 1.807) is 0 Å². The lowest BCUT2D eigenvalue weighted by molar-refractivity contribution is -0.136. The number of ether oxygens (including phenoxy) is 1. The molecule has 2 aliphatic rings. The van der Waals surface area contributed by atoms with Crippen molar-refractivity contribution in [1.29, 1.82) is 0 Å². The largest absolute Gasteiger partial charge is 0.381 e. The summed E-state index contributed by atoms with van der Waals surface area (Å²) >= 11 is 0. The van der Waals surface area contributed by atoms with Crippen LogP contribution in [0.3, 0.4) is 0 Å². The third kappa shape index (κ3) is 4.18. The molecule has 4 heteroatoms. The number of carbonyl (C=O) groups excluding carboxylic acids is 1. The SMILES string of the molecule is CC1CC(N)CC(C(=O)N(C)CC2CCOCC2)C1. The Morgan fingerprint density at radius 2 is 1.95 bits per heavy atom. The Labute approximate surface area is 116 Å².